The van der Waals surface area contributed by atoms with E-state index in [9.17, 15) is 19.2 Å². The number of carboxylic acid groups (broad SMARTS) is 2. The molecule has 3 amide bonds. The zero-order valence-corrected chi connectivity index (χ0v) is 16.3. The number of hydrogen-bond acceptors (Lipinski definition) is 5. The van der Waals surface area contributed by atoms with Crippen LogP contribution in [0.4, 0.5) is 4.79 Å². The van der Waals surface area contributed by atoms with Crippen LogP contribution in [0.15, 0.2) is 36.4 Å². The summed E-state index contributed by atoms with van der Waals surface area (Å²) in [5.74, 6) is -2.27. The molecule has 9 nitrogen and oxygen atoms in total. The number of carboxylic acids is 2. The number of amides is 3. The van der Waals surface area contributed by atoms with Gasteiger partial charge in [-0.05, 0) is 36.6 Å². The van der Waals surface area contributed by atoms with Crippen LogP contribution in [0.1, 0.15) is 12.0 Å². The van der Waals surface area contributed by atoms with Gasteiger partial charge in [-0.3, -0.25) is 9.69 Å². The Morgan fingerprint density at radius 1 is 1.21 bits per heavy atom. The first-order valence-corrected chi connectivity index (χ1v) is 9.32. The molecule has 2 unspecified atom stereocenters. The molecule has 2 heterocycles. The Bertz CT molecular complexity index is 797. The van der Waals surface area contributed by atoms with Crippen LogP contribution in [0.25, 0.3) is 0 Å². The summed E-state index contributed by atoms with van der Waals surface area (Å²) in [7, 11) is 0. The Morgan fingerprint density at radius 3 is 2.52 bits per heavy atom. The Morgan fingerprint density at radius 2 is 1.90 bits per heavy atom. The Kier molecular flexibility index (Phi) is 8.17. The summed E-state index contributed by atoms with van der Waals surface area (Å²) < 4.78 is 0. The lowest BCUT2D eigenvalue weighted by molar-refractivity contribution is -0.137. The first-order valence-electron chi connectivity index (χ1n) is 8.94. The number of halogens is 1. The second kappa shape index (κ2) is 10.6. The van der Waals surface area contributed by atoms with E-state index in [4.69, 9.17) is 21.8 Å². The monoisotopic (exact) mass is 423 g/mol. The molecule has 4 N–H and O–H groups in total. The average Bonchev–Trinajstić information content (AvgIpc) is 2.68. The zero-order chi connectivity index (χ0) is 21.4. The number of urea groups is 1. The highest BCUT2D eigenvalue weighted by Gasteiger charge is 2.39. The summed E-state index contributed by atoms with van der Waals surface area (Å²) in [6, 6.07) is 7.01. The number of benzene rings is 1. The molecular weight excluding hydrogens is 402 g/mol. The van der Waals surface area contributed by atoms with Crippen molar-refractivity contribution in [2.45, 2.75) is 13.0 Å². The van der Waals surface area contributed by atoms with Gasteiger partial charge >= 0.3 is 18.0 Å². The normalized spacial score (nSPS) is 20.6. The van der Waals surface area contributed by atoms with Crippen molar-refractivity contribution in [3.63, 3.8) is 0 Å². The van der Waals surface area contributed by atoms with Crippen LogP contribution in [-0.2, 0) is 20.9 Å². The van der Waals surface area contributed by atoms with Crippen molar-refractivity contribution < 1.29 is 29.4 Å². The van der Waals surface area contributed by atoms with Crippen LogP contribution in [0.5, 0.6) is 0 Å². The van der Waals surface area contributed by atoms with Gasteiger partial charge in [0.2, 0.25) is 5.91 Å². The summed E-state index contributed by atoms with van der Waals surface area (Å²) >= 11 is 5.91. The van der Waals surface area contributed by atoms with Gasteiger partial charge in [-0.1, -0.05) is 23.7 Å². The first kappa shape index (κ1) is 22.4. The Balaban J connectivity index is 0.000000321. The van der Waals surface area contributed by atoms with E-state index >= 15 is 0 Å². The van der Waals surface area contributed by atoms with E-state index in [0.29, 0.717) is 42.7 Å². The molecule has 0 spiro atoms. The quantitative estimate of drug-likeness (QED) is 0.536. The van der Waals surface area contributed by atoms with Crippen molar-refractivity contribution in [3.05, 3.63) is 47.0 Å². The molecule has 0 aliphatic carbocycles. The summed E-state index contributed by atoms with van der Waals surface area (Å²) in [6.45, 7) is 2.43. The van der Waals surface area contributed by atoms with Crippen LogP contribution in [-0.4, -0.2) is 58.6 Å². The number of nitrogens with zero attached hydrogens (tertiary/aromatic N) is 1. The predicted octanol–water partition coefficient (Wildman–Crippen LogP) is 1.33. The number of fused-ring (bicyclic) bond motifs is 2. The third-order valence-corrected chi connectivity index (χ3v) is 4.68. The van der Waals surface area contributed by atoms with E-state index in [-0.39, 0.29) is 17.9 Å². The smallest absolute Gasteiger partial charge is 0.328 e. The molecule has 156 valence electrons. The number of imide groups is 1. The SMILES string of the molecule is O=C(NCc1cccc(Cl)c1)N1CC2CNCC(C2)C1=O.O=C(O)/C=C/C(=O)O. The van der Waals surface area contributed by atoms with Crippen LogP contribution in [0.2, 0.25) is 5.02 Å². The molecule has 29 heavy (non-hydrogen) atoms. The third kappa shape index (κ3) is 7.20. The maximum Gasteiger partial charge on any atom is 0.328 e. The van der Waals surface area contributed by atoms with Gasteiger partial charge in [-0.15, -0.1) is 0 Å². The number of piperidine rings is 2. The topological polar surface area (TPSA) is 136 Å². The third-order valence-electron chi connectivity index (χ3n) is 4.44. The number of rotatable bonds is 4. The number of nitrogens with one attached hydrogen (secondary N) is 2. The largest absolute Gasteiger partial charge is 0.478 e. The lowest BCUT2D eigenvalue weighted by Gasteiger charge is -2.39. The maximum absolute atomic E-state index is 12.2. The molecule has 2 bridgehead atoms. The molecule has 2 saturated heterocycles. The summed E-state index contributed by atoms with van der Waals surface area (Å²) in [4.78, 5) is 45.0. The van der Waals surface area contributed by atoms with Gasteiger partial charge in [0.1, 0.15) is 0 Å². The van der Waals surface area contributed by atoms with Crippen molar-refractivity contribution in [2.24, 2.45) is 11.8 Å². The van der Waals surface area contributed by atoms with Crippen molar-refractivity contribution in [1.82, 2.24) is 15.5 Å². The number of carbonyl (C=O) groups excluding carboxylic acids is 2. The molecule has 0 aromatic heterocycles. The van der Waals surface area contributed by atoms with E-state index < -0.39 is 11.9 Å². The fourth-order valence-corrected chi connectivity index (χ4v) is 3.38. The molecule has 2 aliphatic heterocycles. The van der Waals surface area contributed by atoms with Crippen LogP contribution >= 0.6 is 11.6 Å². The standard InChI is InChI=1S/C15H18ClN3O2.C4H4O4/c16-13-3-1-2-10(5-13)7-18-15(21)19-9-11-4-12(14(19)20)8-17-6-11;5-3(6)1-2-4(7)8/h1-3,5,11-12,17H,4,6-9H2,(H,18,21);1-2H,(H,5,6)(H,7,8)/b;2-1+. The molecule has 0 radical (unpaired) electrons. The molecule has 1 aromatic carbocycles. The number of aliphatic carboxylic acids is 2. The van der Waals surface area contributed by atoms with E-state index in [1.807, 2.05) is 12.1 Å². The molecule has 2 fully saturated rings. The van der Waals surface area contributed by atoms with Crippen molar-refractivity contribution in [3.8, 4) is 0 Å². The van der Waals surface area contributed by atoms with E-state index in [1.54, 1.807) is 12.1 Å². The lowest BCUT2D eigenvalue weighted by atomic mass is 9.85. The molecule has 2 aliphatic rings. The minimum Gasteiger partial charge on any atom is -0.478 e. The van der Waals surface area contributed by atoms with Gasteiger partial charge in [0.15, 0.2) is 0 Å². The highest BCUT2D eigenvalue weighted by atomic mass is 35.5. The van der Waals surface area contributed by atoms with Crippen molar-refractivity contribution >= 4 is 35.5 Å². The predicted molar refractivity (Wildman–Crippen MR) is 104 cm³/mol. The molecule has 0 saturated carbocycles. The second-order valence-corrected chi connectivity index (χ2v) is 7.14. The van der Waals surface area contributed by atoms with Gasteiger partial charge in [0, 0.05) is 36.8 Å². The summed E-state index contributed by atoms with van der Waals surface area (Å²) in [6.07, 6.45) is 2.01. The van der Waals surface area contributed by atoms with Crippen molar-refractivity contribution in [2.75, 3.05) is 19.6 Å². The molecular formula is C19H22ClN3O6. The van der Waals surface area contributed by atoms with E-state index in [0.717, 1.165) is 18.5 Å². The van der Waals surface area contributed by atoms with Gasteiger partial charge < -0.3 is 20.8 Å². The second-order valence-electron chi connectivity index (χ2n) is 6.70. The van der Waals surface area contributed by atoms with E-state index in [2.05, 4.69) is 10.6 Å². The van der Waals surface area contributed by atoms with Crippen LogP contribution < -0.4 is 10.6 Å². The Labute approximate surface area is 172 Å². The summed E-state index contributed by atoms with van der Waals surface area (Å²) in [5, 5.41) is 22.3. The fraction of sp³-hybridized carbons (Fsp3) is 0.368. The van der Waals surface area contributed by atoms with Crippen molar-refractivity contribution in [1.29, 1.82) is 0 Å². The van der Waals surface area contributed by atoms with E-state index in [1.165, 1.54) is 4.90 Å². The number of carbonyl (C=O) groups is 4. The minimum atomic E-state index is -1.26. The van der Waals surface area contributed by atoms with Crippen LogP contribution in [0.3, 0.4) is 0 Å². The highest BCUT2D eigenvalue weighted by molar-refractivity contribution is 6.30. The van der Waals surface area contributed by atoms with Gasteiger partial charge in [-0.2, -0.15) is 0 Å². The van der Waals surface area contributed by atoms with Crippen LogP contribution in [0, 0.1) is 11.8 Å². The molecule has 10 heteroatoms. The maximum atomic E-state index is 12.2. The minimum absolute atomic E-state index is 0.0607. The molecule has 3 rings (SSSR count). The lowest BCUT2D eigenvalue weighted by Crippen LogP contribution is -2.58. The zero-order valence-electron chi connectivity index (χ0n) is 15.5. The molecule has 1 aromatic rings. The first-order chi connectivity index (χ1) is 13.8. The summed E-state index contributed by atoms with van der Waals surface area (Å²) in [5.41, 5.74) is 0.919. The average molecular weight is 424 g/mol. The fourth-order valence-electron chi connectivity index (χ4n) is 3.17. The van der Waals surface area contributed by atoms with Gasteiger partial charge in [0.05, 0.1) is 5.92 Å². The van der Waals surface area contributed by atoms with Gasteiger partial charge in [-0.25, -0.2) is 14.4 Å². The van der Waals surface area contributed by atoms with Gasteiger partial charge in [0.25, 0.3) is 0 Å². The molecule has 2 atom stereocenters. The highest BCUT2D eigenvalue weighted by Crippen LogP contribution is 2.25. The number of hydrogen-bond donors (Lipinski definition) is 4. The number of likely N-dealkylation sites (tertiary alicyclic amines) is 1. The Hall–Kier alpha value is -2.91.